The van der Waals surface area contributed by atoms with Crippen molar-refractivity contribution in [3.8, 4) is 0 Å². The molecular formula is C8H6Cl2F3NO. The third kappa shape index (κ3) is 3.52. The molecule has 0 aromatic carbocycles. The van der Waals surface area contributed by atoms with Crippen LogP contribution in [-0.2, 0) is 6.42 Å². The first-order valence-corrected chi connectivity index (χ1v) is 4.62. The lowest BCUT2D eigenvalue weighted by molar-refractivity contribution is -0.203. The van der Waals surface area contributed by atoms with Gasteiger partial charge in [0.25, 0.3) is 0 Å². The number of rotatable bonds is 2. The number of aliphatic hydroxyl groups is 1. The molecule has 1 N–H and O–H groups in total. The molecule has 0 aliphatic heterocycles. The second-order valence-electron chi connectivity index (χ2n) is 2.85. The molecule has 1 heterocycles. The van der Waals surface area contributed by atoms with E-state index in [-0.39, 0.29) is 15.9 Å². The predicted molar refractivity (Wildman–Crippen MR) is 50.0 cm³/mol. The summed E-state index contributed by atoms with van der Waals surface area (Å²) in [5, 5.41) is 8.74. The summed E-state index contributed by atoms with van der Waals surface area (Å²) in [6.07, 6.45) is -7.74. The number of aromatic nitrogens is 1. The molecule has 1 aromatic rings. The van der Waals surface area contributed by atoms with Gasteiger partial charge in [0, 0.05) is 6.42 Å². The van der Waals surface area contributed by atoms with Crippen molar-refractivity contribution in [3.63, 3.8) is 0 Å². The molecule has 1 aromatic heterocycles. The van der Waals surface area contributed by atoms with Gasteiger partial charge in [-0.15, -0.1) is 0 Å². The first-order valence-electron chi connectivity index (χ1n) is 3.86. The molecule has 2 nitrogen and oxygen atoms in total. The fraction of sp³-hybridized carbons (Fsp3) is 0.375. The van der Waals surface area contributed by atoms with Gasteiger partial charge < -0.3 is 5.11 Å². The minimum atomic E-state index is -4.66. The third-order valence-corrected chi connectivity index (χ3v) is 2.22. The summed E-state index contributed by atoms with van der Waals surface area (Å²) in [6, 6.07) is 2.61. The third-order valence-electron chi connectivity index (χ3n) is 1.68. The number of hydrogen-bond donors (Lipinski definition) is 1. The molecular weight excluding hydrogens is 254 g/mol. The summed E-state index contributed by atoms with van der Waals surface area (Å²) < 4.78 is 36.0. The van der Waals surface area contributed by atoms with Crippen LogP contribution < -0.4 is 0 Å². The van der Waals surface area contributed by atoms with Crippen molar-refractivity contribution in [1.82, 2.24) is 4.98 Å². The molecule has 84 valence electrons. The van der Waals surface area contributed by atoms with E-state index in [1.54, 1.807) is 0 Å². The topological polar surface area (TPSA) is 33.1 Å². The standard InChI is InChI=1S/C8H6Cl2F3NO/c9-6-2-1-4(7(10)14-6)3-5(15)8(11,12)13/h1-2,5,15H,3H2. The fourth-order valence-corrected chi connectivity index (χ4v) is 1.34. The van der Waals surface area contributed by atoms with Crippen LogP contribution in [0.2, 0.25) is 10.3 Å². The van der Waals surface area contributed by atoms with Gasteiger partial charge in [0.15, 0.2) is 6.10 Å². The minimum Gasteiger partial charge on any atom is -0.383 e. The van der Waals surface area contributed by atoms with E-state index < -0.39 is 18.7 Å². The highest BCUT2D eigenvalue weighted by molar-refractivity contribution is 6.32. The minimum absolute atomic E-state index is 0.0882. The van der Waals surface area contributed by atoms with Gasteiger partial charge in [0.05, 0.1) is 0 Å². The van der Waals surface area contributed by atoms with Crippen LogP contribution >= 0.6 is 23.2 Å². The number of alkyl halides is 3. The Morgan fingerprint density at radius 2 is 1.93 bits per heavy atom. The zero-order valence-electron chi connectivity index (χ0n) is 7.22. The molecule has 0 spiro atoms. The maximum Gasteiger partial charge on any atom is 0.414 e. The van der Waals surface area contributed by atoms with Crippen LogP contribution in [0.4, 0.5) is 13.2 Å². The SMILES string of the molecule is OC(Cc1ccc(Cl)nc1Cl)C(F)(F)F. The Morgan fingerprint density at radius 1 is 1.33 bits per heavy atom. The van der Waals surface area contributed by atoms with E-state index >= 15 is 0 Å². The van der Waals surface area contributed by atoms with E-state index in [0.29, 0.717) is 0 Å². The largest absolute Gasteiger partial charge is 0.414 e. The summed E-state index contributed by atoms with van der Waals surface area (Å²) in [5.41, 5.74) is 0.103. The maximum atomic E-state index is 12.0. The first kappa shape index (κ1) is 12.5. The molecule has 1 atom stereocenters. The highest BCUT2D eigenvalue weighted by Crippen LogP contribution is 2.25. The van der Waals surface area contributed by atoms with E-state index in [0.717, 1.165) is 0 Å². The van der Waals surface area contributed by atoms with Gasteiger partial charge in [0.2, 0.25) is 0 Å². The highest BCUT2D eigenvalue weighted by Gasteiger charge is 2.38. The van der Waals surface area contributed by atoms with Gasteiger partial charge >= 0.3 is 6.18 Å². The molecule has 0 bridgehead atoms. The molecule has 0 radical (unpaired) electrons. The summed E-state index contributed by atoms with van der Waals surface area (Å²) in [6.45, 7) is 0. The van der Waals surface area contributed by atoms with Gasteiger partial charge in [0.1, 0.15) is 10.3 Å². The van der Waals surface area contributed by atoms with Crippen molar-refractivity contribution >= 4 is 23.2 Å². The van der Waals surface area contributed by atoms with Gasteiger partial charge in [-0.25, -0.2) is 4.98 Å². The quantitative estimate of drug-likeness (QED) is 0.829. The Bertz CT molecular complexity index is 356. The number of halogens is 5. The molecule has 1 unspecified atom stereocenters. The Labute approximate surface area is 93.6 Å². The van der Waals surface area contributed by atoms with E-state index in [1.165, 1.54) is 12.1 Å². The molecule has 0 aliphatic carbocycles. The van der Waals surface area contributed by atoms with Gasteiger partial charge in [-0.1, -0.05) is 29.3 Å². The van der Waals surface area contributed by atoms with Crippen LogP contribution in [0.25, 0.3) is 0 Å². The summed E-state index contributed by atoms with van der Waals surface area (Å²) in [5.74, 6) is 0. The Balaban J connectivity index is 2.82. The molecule has 0 amide bonds. The number of aliphatic hydroxyl groups excluding tert-OH is 1. The zero-order valence-corrected chi connectivity index (χ0v) is 8.74. The average Bonchev–Trinajstić information content (AvgIpc) is 2.08. The smallest absolute Gasteiger partial charge is 0.383 e. The van der Waals surface area contributed by atoms with E-state index in [2.05, 4.69) is 4.98 Å². The van der Waals surface area contributed by atoms with Crippen LogP contribution in [-0.4, -0.2) is 22.4 Å². The lowest BCUT2D eigenvalue weighted by atomic mass is 10.1. The van der Waals surface area contributed by atoms with Crippen LogP contribution in [0.3, 0.4) is 0 Å². The highest BCUT2D eigenvalue weighted by atomic mass is 35.5. The molecule has 15 heavy (non-hydrogen) atoms. The molecule has 1 rings (SSSR count). The van der Waals surface area contributed by atoms with Crippen molar-refractivity contribution < 1.29 is 18.3 Å². The zero-order chi connectivity index (χ0) is 11.6. The molecule has 0 aliphatic rings. The van der Waals surface area contributed by atoms with Gasteiger partial charge in [-0.2, -0.15) is 13.2 Å². The van der Waals surface area contributed by atoms with Crippen LogP contribution in [0.15, 0.2) is 12.1 Å². The second-order valence-corrected chi connectivity index (χ2v) is 3.59. The Kier molecular flexibility index (Phi) is 3.81. The molecule has 0 saturated heterocycles. The first-order chi connectivity index (χ1) is 6.80. The molecule has 0 fully saturated rings. The molecule has 0 saturated carbocycles. The van der Waals surface area contributed by atoms with Crippen molar-refractivity contribution in [1.29, 1.82) is 0 Å². The van der Waals surface area contributed by atoms with Crippen molar-refractivity contribution in [2.75, 3.05) is 0 Å². The van der Waals surface area contributed by atoms with E-state index in [1.807, 2.05) is 0 Å². The Hall–Kier alpha value is -0.520. The van der Waals surface area contributed by atoms with Crippen LogP contribution in [0, 0.1) is 0 Å². The van der Waals surface area contributed by atoms with Gasteiger partial charge in [-0.05, 0) is 11.6 Å². The van der Waals surface area contributed by atoms with Crippen molar-refractivity contribution in [3.05, 3.63) is 28.0 Å². The van der Waals surface area contributed by atoms with Crippen LogP contribution in [0.1, 0.15) is 5.56 Å². The van der Waals surface area contributed by atoms with Gasteiger partial charge in [-0.3, -0.25) is 0 Å². The normalized spacial score (nSPS) is 14.0. The van der Waals surface area contributed by atoms with Crippen molar-refractivity contribution in [2.24, 2.45) is 0 Å². The van der Waals surface area contributed by atoms with E-state index in [4.69, 9.17) is 28.3 Å². The lowest BCUT2D eigenvalue weighted by Crippen LogP contribution is -2.30. The Morgan fingerprint density at radius 3 is 2.40 bits per heavy atom. The van der Waals surface area contributed by atoms with Crippen LogP contribution in [0.5, 0.6) is 0 Å². The van der Waals surface area contributed by atoms with Crippen molar-refractivity contribution in [2.45, 2.75) is 18.7 Å². The number of hydrogen-bond acceptors (Lipinski definition) is 2. The summed E-state index contributed by atoms with van der Waals surface area (Å²) in [4.78, 5) is 3.56. The number of pyridine rings is 1. The number of nitrogens with zero attached hydrogens (tertiary/aromatic N) is 1. The fourth-order valence-electron chi connectivity index (χ4n) is 0.917. The predicted octanol–water partition coefficient (Wildman–Crippen LogP) is 2.85. The average molecular weight is 260 g/mol. The summed E-state index contributed by atoms with van der Waals surface area (Å²) >= 11 is 11.0. The maximum absolute atomic E-state index is 12.0. The lowest BCUT2D eigenvalue weighted by Gasteiger charge is -2.14. The molecule has 7 heteroatoms. The van der Waals surface area contributed by atoms with E-state index in [9.17, 15) is 13.2 Å². The monoisotopic (exact) mass is 259 g/mol. The summed E-state index contributed by atoms with van der Waals surface area (Å²) in [7, 11) is 0. The second kappa shape index (κ2) is 4.55.